The van der Waals surface area contributed by atoms with E-state index >= 15 is 0 Å². The molecular formula is C9H17N. The number of nitrogens with zero attached hydrogens (tertiary/aromatic N) is 1. The molecule has 1 aliphatic rings. The van der Waals surface area contributed by atoms with Gasteiger partial charge < -0.3 is 4.90 Å². The van der Waals surface area contributed by atoms with E-state index in [1.165, 1.54) is 25.8 Å². The lowest BCUT2D eigenvalue weighted by Crippen LogP contribution is -2.20. The van der Waals surface area contributed by atoms with Crippen molar-refractivity contribution in [2.24, 2.45) is 5.92 Å². The first kappa shape index (κ1) is 7.64. The molecule has 0 N–H and O–H groups in total. The third kappa shape index (κ3) is 2.05. The molecule has 0 radical (unpaired) electrons. The first-order valence-corrected chi connectivity index (χ1v) is 4.21. The molecule has 0 aliphatic carbocycles. The first-order chi connectivity index (χ1) is 4.83. The molecule has 1 heteroatoms. The van der Waals surface area contributed by atoms with Crippen LogP contribution in [0.3, 0.4) is 0 Å². The predicted octanol–water partition coefficient (Wildman–Crippen LogP) is 2.25. The Morgan fingerprint density at radius 1 is 1.60 bits per heavy atom. The topological polar surface area (TPSA) is 3.24 Å². The van der Waals surface area contributed by atoms with Gasteiger partial charge in [0.25, 0.3) is 0 Å². The Hall–Kier alpha value is -0.460. The van der Waals surface area contributed by atoms with Crippen molar-refractivity contribution in [3.63, 3.8) is 0 Å². The highest BCUT2D eigenvalue weighted by atomic mass is 15.1. The van der Waals surface area contributed by atoms with Gasteiger partial charge in [-0.1, -0.05) is 19.4 Å². The molecule has 0 saturated carbocycles. The Labute approximate surface area is 63.7 Å². The minimum absolute atomic E-state index is 0.862. The van der Waals surface area contributed by atoms with Crippen LogP contribution in [0, 0.1) is 5.92 Å². The lowest BCUT2D eigenvalue weighted by atomic mass is 9.98. The largest absolute Gasteiger partial charge is 0.381 e. The smallest absolute Gasteiger partial charge is 0.0174 e. The molecule has 0 saturated heterocycles. The Kier molecular flexibility index (Phi) is 2.79. The van der Waals surface area contributed by atoms with E-state index in [4.69, 9.17) is 0 Å². The van der Waals surface area contributed by atoms with E-state index in [0.29, 0.717) is 0 Å². The van der Waals surface area contributed by atoms with Crippen molar-refractivity contribution in [2.45, 2.75) is 26.2 Å². The van der Waals surface area contributed by atoms with Crippen LogP contribution < -0.4 is 0 Å². The van der Waals surface area contributed by atoms with Crippen LogP contribution in [0.4, 0.5) is 0 Å². The summed E-state index contributed by atoms with van der Waals surface area (Å²) in [6.45, 7) is 3.49. The van der Waals surface area contributed by atoms with E-state index in [0.717, 1.165) is 5.92 Å². The van der Waals surface area contributed by atoms with Crippen LogP contribution in [0.1, 0.15) is 26.2 Å². The van der Waals surface area contributed by atoms with E-state index in [-0.39, 0.29) is 0 Å². The minimum Gasteiger partial charge on any atom is -0.381 e. The number of rotatable bonds is 2. The van der Waals surface area contributed by atoms with Crippen LogP contribution in [0.25, 0.3) is 0 Å². The Morgan fingerprint density at radius 3 is 2.90 bits per heavy atom. The zero-order valence-electron chi connectivity index (χ0n) is 7.01. The maximum Gasteiger partial charge on any atom is 0.0174 e. The summed E-state index contributed by atoms with van der Waals surface area (Å²) in [6.07, 6.45) is 8.58. The molecule has 1 atom stereocenters. The highest BCUT2D eigenvalue weighted by Crippen LogP contribution is 2.17. The molecule has 0 aromatic heterocycles. The van der Waals surface area contributed by atoms with E-state index < -0.39 is 0 Å². The average Bonchev–Trinajstić information content (AvgIpc) is 1.95. The molecule has 1 unspecified atom stereocenters. The fourth-order valence-corrected chi connectivity index (χ4v) is 1.42. The van der Waals surface area contributed by atoms with Gasteiger partial charge in [-0.25, -0.2) is 0 Å². The van der Waals surface area contributed by atoms with Crippen LogP contribution in [0.5, 0.6) is 0 Å². The molecule has 10 heavy (non-hydrogen) atoms. The second kappa shape index (κ2) is 3.65. The Balaban J connectivity index is 2.30. The van der Waals surface area contributed by atoms with Gasteiger partial charge in [-0.15, -0.1) is 0 Å². The maximum absolute atomic E-state index is 2.34. The summed E-state index contributed by atoms with van der Waals surface area (Å²) in [5.41, 5.74) is 0. The summed E-state index contributed by atoms with van der Waals surface area (Å²) in [4.78, 5) is 2.26. The van der Waals surface area contributed by atoms with Crippen LogP contribution in [0.2, 0.25) is 0 Å². The van der Waals surface area contributed by atoms with Crippen molar-refractivity contribution in [3.8, 4) is 0 Å². The molecular weight excluding hydrogens is 122 g/mol. The van der Waals surface area contributed by atoms with Gasteiger partial charge in [0.2, 0.25) is 0 Å². The van der Waals surface area contributed by atoms with Crippen molar-refractivity contribution < 1.29 is 0 Å². The highest BCUT2D eigenvalue weighted by Gasteiger charge is 2.08. The van der Waals surface area contributed by atoms with Crippen LogP contribution in [-0.4, -0.2) is 18.5 Å². The molecule has 0 bridgehead atoms. The molecule has 1 heterocycles. The Bertz CT molecular complexity index is 118. The summed E-state index contributed by atoms with van der Waals surface area (Å²) in [6, 6.07) is 0. The lowest BCUT2D eigenvalue weighted by Gasteiger charge is -2.23. The zero-order valence-corrected chi connectivity index (χ0v) is 7.01. The fraction of sp³-hybridized carbons (Fsp3) is 0.778. The van der Waals surface area contributed by atoms with Crippen molar-refractivity contribution in [3.05, 3.63) is 12.3 Å². The fourth-order valence-electron chi connectivity index (χ4n) is 1.42. The van der Waals surface area contributed by atoms with Gasteiger partial charge in [0.15, 0.2) is 0 Å². The van der Waals surface area contributed by atoms with E-state index in [1.54, 1.807) is 0 Å². The van der Waals surface area contributed by atoms with Gasteiger partial charge in [-0.3, -0.25) is 0 Å². The zero-order chi connectivity index (χ0) is 7.40. The number of hydrogen-bond acceptors (Lipinski definition) is 1. The minimum atomic E-state index is 0.862. The standard InChI is InChI=1S/C9H17N/c1-3-4-9-5-7-10(2)8-6-9/h5,7,9H,3-4,6,8H2,1-2H3. The molecule has 0 amide bonds. The van der Waals surface area contributed by atoms with Gasteiger partial charge >= 0.3 is 0 Å². The number of hydrogen-bond donors (Lipinski definition) is 0. The highest BCUT2D eigenvalue weighted by molar-refractivity contribution is 4.92. The molecule has 0 spiro atoms. The third-order valence-corrected chi connectivity index (χ3v) is 2.12. The SMILES string of the molecule is CCCC1C=CN(C)CC1. The first-order valence-electron chi connectivity index (χ1n) is 4.21. The summed E-state index contributed by atoms with van der Waals surface area (Å²) in [7, 11) is 2.14. The predicted molar refractivity (Wildman–Crippen MR) is 44.8 cm³/mol. The van der Waals surface area contributed by atoms with Gasteiger partial charge in [-0.2, -0.15) is 0 Å². The Morgan fingerprint density at radius 2 is 2.40 bits per heavy atom. The number of allylic oxidation sites excluding steroid dienone is 1. The molecule has 0 fully saturated rings. The van der Waals surface area contributed by atoms with Crippen LogP contribution >= 0.6 is 0 Å². The van der Waals surface area contributed by atoms with Crippen molar-refractivity contribution in [1.29, 1.82) is 0 Å². The molecule has 1 rings (SSSR count). The normalized spacial score (nSPS) is 25.4. The molecule has 0 aromatic carbocycles. The summed E-state index contributed by atoms with van der Waals surface area (Å²) < 4.78 is 0. The van der Waals surface area contributed by atoms with Crippen molar-refractivity contribution in [2.75, 3.05) is 13.6 Å². The van der Waals surface area contributed by atoms with Gasteiger partial charge in [0.05, 0.1) is 0 Å². The quantitative estimate of drug-likeness (QED) is 0.567. The summed E-state index contributed by atoms with van der Waals surface area (Å²) in [5.74, 6) is 0.862. The molecule has 1 nitrogen and oxygen atoms in total. The van der Waals surface area contributed by atoms with Crippen molar-refractivity contribution in [1.82, 2.24) is 4.90 Å². The third-order valence-electron chi connectivity index (χ3n) is 2.12. The van der Waals surface area contributed by atoms with Crippen LogP contribution in [-0.2, 0) is 0 Å². The second-order valence-corrected chi connectivity index (χ2v) is 3.16. The summed E-state index contributed by atoms with van der Waals surface area (Å²) in [5, 5.41) is 0. The van der Waals surface area contributed by atoms with Crippen LogP contribution in [0.15, 0.2) is 12.3 Å². The van der Waals surface area contributed by atoms with Gasteiger partial charge in [0, 0.05) is 13.6 Å². The monoisotopic (exact) mass is 139 g/mol. The van der Waals surface area contributed by atoms with Crippen molar-refractivity contribution >= 4 is 0 Å². The van der Waals surface area contributed by atoms with E-state index in [2.05, 4.69) is 31.1 Å². The second-order valence-electron chi connectivity index (χ2n) is 3.16. The lowest BCUT2D eigenvalue weighted by molar-refractivity contribution is 0.365. The maximum atomic E-state index is 2.34. The van der Waals surface area contributed by atoms with E-state index in [9.17, 15) is 0 Å². The molecule has 58 valence electrons. The van der Waals surface area contributed by atoms with E-state index in [1.807, 2.05) is 0 Å². The molecule has 1 aliphatic heterocycles. The summed E-state index contributed by atoms with van der Waals surface area (Å²) >= 11 is 0. The van der Waals surface area contributed by atoms with Gasteiger partial charge in [0.1, 0.15) is 0 Å². The average molecular weight is 139 g/mol. The van der Waals surface area contributed by atoms with Gasteiger partial charge in [-0.05, 0) is 25.0 Å². The molecule has 0 aromatic rings.